The summed E-state index contributed by atoms with van der Waals surface area (Å²) in [6.45, 7) is 0.142. The summed E-state index contributed by atoms with van der Waals surface area (Å²) in [6.07, 6.45) is 1.62. The van der Waals surface area contributed by atoms with Crippen molar-refractivity contribution in [1.82, 2.24) is 5.43 Å². The second-order valence-corrected chi connectivity index (χ2v) is 5.36. The predicted molar refractivity (Wildman–Crippen MR) is 98.0 cm³/mol. The molecule has 2 rings (SSSR count). The van der Waals surface area contributed by atoms with Gasteiger partial charge >= 0.3 is 0 Å². The summed E-state index contributed by atoms with van der Waals surface area (Å²) >= 11 is 0. The normalized spacial score (nSPS) is 10.5. The first-order valence-corrected chi connectivity index (χ1v) is 7.55. The molecule has 2 aromatic carbocycles. The number of methoxy groups -OCH3 is 1. The summed E-state index contributed by atoms with van der Waals surface area (Å²) < 4.78 is 5.08. The van der Waals surface area contributed by atoms with Crippen LogP contribution in [0.3, 0.4) is 0 Å². The van der Waals surface area contributed by atoms with Crippen molar-refractivity contribution >= 4 is 23.5 Å². The first kappa shape index (κ1) is 17.3. The monoisotopic (exact) mass is 326 g/mol. The second kappa shape index (κ2) is 8.57. The average Bonchev–Trinajstić information content (AvgIpc) is 2.61. The fraction of sp³-hybridized carbons (Fsp3) is 0.222. The Hall–Kier alpha value is -3.02. The van der Waals surface area contributed by atoms with Gasteiger partial charge in [0.25, 0.3) is 5.91 Å². The highest BCUT2D eigenvalue weighted by Crippen LogP contribution is 2.14. The van der Waals surface area contributed by atoms with Crippen LogP contribution in [0, 0.1) is 0 Å². The summed E-state index contributed by atoms with van der Waals surface area (Å²) in [5, 5.41) is 6.97. The van der Waals surface area contributed by atoms with Crippen LogP contribution < -0.4 is 20.4 Å². The van der Waals surface area contributed by atoms with Crippen LogP contribution in [0.4, 0.5) is 11.4 Å². The number of nitrogens with zero attached hydrogens (tertiary/aromatic N) is 2. The van der Waals surface area contributed by atoms with E-state index in [4.69, 9.17) is 4.74 Å². The Kier molecular flexibility index (Phi) is 6.19. The van der Waals surface area contributed by atoms with E-state index < -0.39 is 0 Å². The quantitative estimate of drug-likeness (QED) is 0.605. The maximum Gasteiger partial charge on any atom is 0.259 e. The lowest BCUT2D eigenvalue weighted by Gasteiger charge is -2.11. The van der Waals surface area contributed by atoms with Gasteiger partial charge in [-0.15, -0.1) is 0 Å². The van der Waals surface area contributed by atoms with Gasteiger partial charge < -0.3 is 15.0 Å². The van der Waals surface area contributed by atoms with E-state index in [1.807, 2.05) is 67.5 Å². The van der Waals surface area contributed by atoms with E-state index in [0.29, 0.717) is 0 Å². The number of hydrogen-bond acceptors (Lipinski definition) is 5. The maximum atomic E-state index is 11.8. The van der Waals surface area contributed by atoms with Gasteiger partial charge in [-0.2, -0.15) is 5.10 Å². The molecule has 126 valence electrons. The highest BCUT2D eigenvalue weighted by atomic mass is 16.5. The molecule has 0 saturated carbocycles. The van der Waals surface area contributed by atoms with Crippen molar-refractivity contribution in [2.75, 3.05) is 38.0 Å². The summed E-state index contributed by atoms with van der Waals surface area (Å²) in [7, 11) is 5.58. The molecule has 0 aliphatic heterocycles. The van der Waals surface area contributed by atoms with Crippen molar-refractivity contribution in [3.63, 3.8) is 0 Å². The Morgan fingerprint density at radius 2 is 1.79 bits per heavy atom. The topological polar surface area (TPSA) is 66.0 Å². The van der Waals surface area contributed by atoms with Crippen LogP contribution in [-0.4, -0.2) is 39.9 Å². The van der Waals surface area contributed by atoms with E-state index in [9.17, 15) is 4.79 Å². The molecule has 0 unspecified atom stereocenters. The third-order valence-electron chi connectivity index (χ3n) is 3.36. The largest absolute Gasteiger partial charge is 0.497 e. The summed E-state index contributed by atoms with van der Waals surface area (Å²) in [6, 6.07) is 15.2. The number of anilines is 2. The van der Waals surface area contributed by atoms with Gasteiger partial charge in [-0.3, -0.25) is 4.79 Å². The van der Waals surface area contributed by atoms with Crippen LogP contribution in [0.2, 0.25) is 0 Å². The van der Waals surface area contributed by atoms with Crippen molar-refractivity contribution < 1.29 is 9.53 Å². The number of carbonyl (C=O) groups is 1. The molecule has 0 aromatic heterocycles. The molecule has 0 aliphatic rings. The van der Waals surface area contributed by atoms with Crippen LogP contribution in [0.5, 0.6) is 5.75 Å². The number of hydrogen-bond donors (Lipinski definition) is 2. The van der Waals surface area contributed by atoms with E-state index in [-0.39, 0.29) is 12.5 Å². The van der Waals surface area contributed by atoms with Crippen molar-refractivity contribution in [3.05, 3.63) is 54.1 Å². The molecule has 0 spiro atoms. The van der Waals surface area contributed by atoms with E-state index in [2.05, 4.69) is 15.8 Å². The number of hydrazone groups is 1. The predicted octanol–water partition coefficient (Wildman–Crippen LogP) is 2.32. The first-order chi connectivity index (χ1) is 11.6. The maximum absolute atomic E-state index is 11.8. The van der Waals surface area contributed by atoms with Crippen LogP contribution in [-0.2, 0) is 4.79 Å². The van der Waals surface area contributed by atoms with Gasteiger partial charge in [0.15, 0.2) is 0 Å². The van der Waals surface area contributed by atoms with E-state index in [1.54, 1.807) is 13.3 Å². The summed E-state index contributed by atoms with van der Waals surface area (Å²) in [4.78, 5) is 13.8. The molecule has 2 aromatic rings. The Morgan fingerprint density at radius 1 is 1.12 bits per heavy atom. The second-order valence-electron chi connectivity index (χ2n) is 5.36. The first-order valence-electron chi connectivity index (χ1n) is 7.55. The van der Waals surface area contributed by atoms with Gasteiger partial charge in [0.1, 0.15) is 5.75 Å². The molecule has 0 fully saturated rings. The van der Waals surface area contributed by atoms with Crippen LogP contribution in [0.1, 0.15) is 5.56 Å². The lowest BCUT2D eigenvalue weighted by molar-refractivity contribution is -0.119. The number of rotatable bonds is 7. The van der Waals surface area contributed by atoms with Gasteiger partial charge in [-0.1, -0.05) is 12.1 Å². The standard InChI is InChI=1S/C18H22N4O2/c1-22(2)16-8-4-14(5-9-16)12-20-21-18(23)13-19-15-6-10-17(24-3)11-7-15/h4-12,19H,13H2,1-3H3,(H,21,23)/b20-12-. The molecular weight excluding hydrogens is 304 g/mol. The Morgan fingerprint density at radius 3 is 2.38 bits per heavy atom. The number of carbonyl (C=O) groups excluding carboxylic acids is 1. The van der Waals surface area contributed by atoms with Crippen molar-refractivity contribution in [2.45, 2.75) is 0 Å². The SMILES string of the molecule is COc1ccc(NCC(=O)N/N=C\c2ccc(N(C)C)cc2)cc1. The van der Waals surface area contributed by atoms with Gasteiger partial charge in [0.05, 0.1) is 19.9 Å². The Bertz CT molecular complexity index is 679. The molecule has 6 heteroatoms. The molecule has 2 N–H and O–H groups in total. The molecule has 0 heterocycles. The van der Waals surface area contributed by atoms with E-state index >= 15 is 0 Å². The van der Waals surface area contributed by atoms with E-state index in [0.717, 1.165) is 22.7 Å². The molecule has 0 atom stereocenters. The Balaban J connectivity index is 1.77. The van der Waals surface area contributed by atoms with E-state index in [1.165, 1.54) is 0 Å². The van der Waals surface area contributed by atoms with Crippen LogP contribution >= 0.6 is 0 Å². The minimum absolute atomic E-state index is 0.142. The highest BCUT2D eigenvalue weighted by molar-refractivity contribution is 5.84. The third-order valence-corrected chi connectivity index (χ3v) is 3.36. The summed E-state index contributed by atoms with van der Waals surface area (Å²) in [5.74, 6) is 0.557. The molecule has 0 saturated heterocycles. The zero-order valence-corrected chi connectivity index (χ0v) is 14.1. The van der Waals surface area contributed by atoms with Gasteiger partial charge in [0.2, 0.25) is 0 Å². The number of benzene rings is 2. The highest BCUT2D eigenvalue weighted by Gasteiger charge is 2.00. The number of ether oxygens (including phenoxy) is 1. The molecular formula is C18H22N4O2. The molecule has 1 amide bonds. The minimum Gasteiger partial charge on any atom is -0.497 e. The van der Waals surface area contributed by atoms with Crippen molar-refractivity contribution in [2.24, 2.45) is 5.10 Å². The minimum atomic E-state index is -0.216. The molecule has 24 heavy (non-hydrogen) atoms. The van der Waals surface area contributed by atoms with Gasteiger partial charge in [-0.25, -0.2) is 5.43 Å². The van der Waals surface area contributed by atoms with Gasteiger partial charge in [0, 0.05) is 25.5 Å². The van der Waals surface area contributed by atoms with Crippen LogP contribution in [0.15, 0.2) is 53.6 Å². The van der Waals surface area contributed by atoms with Crippen molar-refractivity contribution in [1.29, 1.82) is 0 Å². The average molecular weight is 326 g/mol. The number of nitrogens with one attached hydrogen (secondary N) is 2. The lowest BCUT2D eigenvalue weighted by atomic mass is 10.2. The number of amides is 1. The zero-order valence-electron chi connectivity index (χ0n) is 14.1. The molecule has 0 aliphatic carbocycles. The molecule has 0 radical (unpaired) electrons. The molecule has 6 nitrogen and oxygen atoms in total. The van der Waals surface area contributed by atoms with Crippen molar-refractivity contribution in [3.8, 4) is 5.75 Å². The Labute approximate surface area is 142 Å². The fourth-order valence-corrected chi connectivity index (χ4v) is 1.97. The third kappa shape index (κ3) is 5.31. The van der Waals surface area contributed by atoms with Gasteiger partial charge in [-0.05, 0) is 42.0 Å². The molecule has 0 bridgehead atoms. The smallest absolute Gasteiger partial charge is 0.259 e. The lowest BCUT2D eigenvalue weighted by Crippen LogP contribution is -2.25. The van der Waals surface area contributed by atoms with Crippen LogP contribution in [0.25, 0.3) is 0 Å². The zero-order chi connectivity index (χ0) is 17.4. The fourth-order valence-electron chi connectivity index (χ4n) is 1.97. The summed E-state index contributed by atoms with van der Waals surface area (Å²) in [5.41, 5.74) is 5.37.